The molecule has 8 nitrogen and oxygen atoms in total. The van der Waals surface area contributed by atoms with E-state index in [1.54, 1.807) is 42.6 Å². The SMILES string of the molecule is CN=C(NCc1ccc(OC)c(OC)c1)NCc1ccc(OC)c(OC)c1OC.I. The van der Waals surface area contributed by atoms with Crippen LogP contribution in [-0.4, -0.2) is 48.6 Å². The smallest absolute Gasteiger partial charge is 0.203 e. The zero-order valence-electron chi connectivity index (χ0n) is 18.2. The van der Waals surface area contributed by atoms with Crippen LogP contribution in [0.3, 0.4) is 0 Å². The molecular weight excluding hydrogens is 501 g/mol. The molecule has 0 spiro atoms. The Balaban J connectivity index is 0.00000450. The molecule has 0 aliphatic carbocycles. The lowest BCUT2D eigenvalue weighted by atomic mass is 10.1. The fourth-order valence-electron chi connectivity index (χ4n) is 2.88. The van der Waals surface area contributed by atoms with Crippen LogP contribution in [-0.2, 0) is 13.1 Å². The van der Waals surface area contributed by atoms with Crippen LogP contribution in [0, 0.1) is 0 Å². The molecule has 2 aromatic carbocycles. The molecule has 0 fully saturated rings. The van der Waals surface area contributed by atoms with E-state index in [-0.39, 0.29) is 24.0 Å². The van der Waals surface area contributed by atoms with Crippen LogP contribution < -0.4 is 34.3 Å². The standard InChI is InChI=1S/C21H29N3O5.HI/c1-22-21(23-12-14-7-9-16(25-2)18(11-14)27-4)24-13-15-8-10-17(26-3)20(29-6)19(15)28-5;/h7-11H,12-13H2,1-6H3,(H2,22,23,24);1H. The highest BCUT2D eigenvalue weighted by atomic mass is 127. The van der Waals surface area contributed by atoms with Crippen molar-refractivity contribution in [2.45, 2.75) is 13.1 Å². The van der Waals surface area contributed by atoms with Crippen LogP contribution in [0.5, 0.6) is 28.7 Å². The normalized spacial score (nSPS) is 10.5. The van der Waals surface area contributed by atoms with Crippen molar-refractivity contribution in [1.82, 2.24) is 10.6 Å². The maximum Gasteiger partial charge on any atom is 0.203 e. The fourth-order valence-corrected chi connectivity index (χ4v) is 2.88. The summed E-state index contributed by atoms with van der Waals surface area (Å²) in [6.45, 7) is 1.07. The number of aliphatic imine (C=N–C) groups is 1. The zero-order chi connectivity index (χ0) is 21.2. The Kier molecular flexibility index (Phi) is 10.9. The second-order valence-electron chi connectivity index (χ2n) is 5.96. The monoisotopic (exact) mass is 531 g/mol. The van der Waals surface area contributed by atoms with Crippen molar-refractivity contribution >= 4 is 29.9 Å². The van der Waals surface area contributed by atoms with Gasteiger partial charge in [-0.1, -0.05) is 6.07 Å². The van der Waals surface area contributed by atoms with Crippen LogP contribution >= 0.6 is 24.0 Å². The average Bonchev–Trinajstić information content (AvgIpc) is 2.77. The van der Waals surface area contributed by atoms with Crippen molar-refractivity contribution in [3.05, 3.63) is 41.5 Å². The van der Waals surface area contributed by atoms with Crippen molar-refractivity contribution in [2.75, 3.05) is 42.6 Å². The molecular formula is C21H30IN3O5. The molecule has 0 atom stereocenters. The van der Waals surface area contributed by atoms with E-state index < -0.39 is 0 Å². The molecule has 0 aromatic heterocycles. The molecule has 0 aliphatic rings. The van der Waals surface area contributed by atoms with Gasteiger partial charge in [-0.25, -0.2) is 0 Å². The van der Waals surface area contributed by atoms with Gasteiger partial charge in [-0.05, 0) is 29.8 Å². The first-order chi connectivity index (χ1) is 14.1. The summed E-state index contributed by atoms with van der Waals surface area (Å²) in [7, 11) is 9.73. The van der Waals surface area contributed by atoms with E-state index in [2.05, 4.69) is 15.6 Å². The molecule has 2 rings (SSSR count). The van der Waals surface area contributed by atoms with Gasteiger partial charge in [0.05, 0.1) is 35.5 Å². The number of benzene rings is 2. The lowest BCUT2D eigenvalue weighted by Crippen LogP contribution is -2.36. The Morgan fingerprint density at radius 1 is 0.733 bits per heavy atom. The zero-order valence-corrected chi connectivity index (χ0v) is 20.5. The minimum atomic E-state index is 0. The van der Waals surface area contributed by atoms with Crippen LogP contribution in [0.2, 0.25) is 0 Å². The number of ether oxygens (including phenoxy) is 5. The van der Waals surface area contributed by atoms with E-state index in [0.29, 0.717) is 47.8 Å². The predicted octanol–water partition coefficient (Wildman–Crippen LogP) is 3.21. The van der Waals surface area contributed by atoms with E-state index >= 15 is 0 Å². The third-order valence-electron chi connectivity index (χ3n) is 4.36. The van der Waals surface area contributed by atoms with Crippen molar-refractivity contribution < 1.29 is 23.7 Å². The minimum Gasteiger partial charge on any atom is -0.493 e. The molecule has 0 radical (unpaired) electrons. The van der Waals surface area contributed by atoms with E-state index in [1.807, 2.05) is 30.3 Å². The van der Waals surface area contributed by atoms with Crippen LogP contribution in [0.4, 0.5) is 0 Å². The number of hydrogen-bond acceptors (Lipinski definition) is 6. The van der Waals surface area contributed by atoms with E-state index in [9.17, 15) is 0 Å². The van der Waals surface area contributed by atoms with Crippen molar-refractivity contribution in [3.8, 4) is 28.7 Å². The molecule has 0 aliphatic heterocycles. The number of halogens is 1. The second-order valence-corrected chi connectivity index (χ2v) is 5.96. The highest BCUT2D eigenvalue weighted by molar-refractivity contribution is 14.0. The molecule has 2 N–H and O–H groups in total. The van der Waals surface area contributed by atoms with Gasteiger partial charge in [0.2, 0.25) is 5.75 Å². The van der Waals surface area contributed by atoms with E-state index in [0.717, 1.165) is 11.1 Å². The van der Waals surface area contributed by atoms with E-state index in [4.69, 9.17) is 23.7 Å². The Bertz CT molecular complexity index is 846. The van der Waals surface area contributed by atoms with Crippen molar-refractivity contribution in [1.29, 1.82) is 0 Å². The Hall–Kier alpha value is -2.56. The number of nitrogens with one attached hydrogen (secondary N) is 2. The summed E-state index contributed by atoms with van der Waals surface area (Å²) >= 11 is 0. The fraction of sp³-hybridized carbons (Fsp3) is 0.381. The molecule has 0 saturated carbocycles. The first-order valence-corrected chi connectivity index (χ1v) is 9.05. The van der Waals surface area contributed by atoms with Gasteiger partial charge in [0.25, 0.3) is 0 Å². The lowest BCUT2D eigenvalue weighted by Gasteiger charge is -2.17. The van der Waals surface area contributed by atoms with Gasteiger partial charge >= 0.3 is 0 Å². The highest BCUT2D eigenvalue weighted by Gasteiger charge is 2.16. The molecule has 30 heavy (non-hydrogen) atoms. The maximum absolute atomic E-state index is 5.52. The second kappa shape index (κ2) is 12.9. The summed E-state index contributed by atoms with van der Waals surface area (Å²) in [5.74, 6) is 3.82. The van der Waals surface area contributed by atoms with Crippen LogP contribution in [0.1, 0.15) is 11.1 Å². The van der Waals surface area contributed by atoms with Gasteiger partial charge in [0.15, 0.2) is 29.0 Å². The van der Waals surface area contributed by atoms with Crippen molar-refractivity contribution in [2.24, 2.45) is 4.99 Å². The third-order valence-corrected chi connectivity index (χ3v) is 4.36. The largest absolute Gasteiger partial charge is 0.493 e. The van der Waals surface area contributed by atoms with Gasteiger partial charge in [-0.3, -0.25) is 4.99 Å². The topological polar surface area (TPSA) is 82.6 Å². The van der Waals surface area contributed by atoms with Crippen molar-refractivity contribution in [3.63, 3.8) is 0 Å². The number of rotatable bonds is 9. The Morgan fingerprint density at radius 3 is 1.90 bits per heavy atom. The molecule has 9 heteroatoms. The minimum absolute atomic E-state index is 0. The summed E-state index contributed by atoms with van der Waals surface area (Å²) in [6, 6.07) is 9.54. The summed E-state index contributed by atoms with van der Waals surface area (Å²) < 4.78 is 26.9. The summed E-state index contributed by atoms with van der Waals surface area (Å²) in [5.41, 5.74) is 1.95. The summed E-state index contributed by atoms with van der Waals surface area (Å²) in [5, 5.41) is 6.56. The molecule has 0 heterocycles. The number of guanidine groups is 1. The van der Waals surface area contributed by atoms with E-state index in [1.165, 1.54) is 0 Å². The molecule has 0 unspecified atom stereocenters. The predicted molar refractivity (Wildman–Crippen MR) is 128 cm³/mol. The van der Waals surface area contributed by atoms with Gasteiger partial charge in [-0.2, -0.15) is 0 Å². The Morgan fingerprint density at radius 2 is 1.33 bits per heavy atom. The van der Waals surface area contributed by atoms with Gasteiger partial charge < -0.3 is 34.3 Å². The molecule has 0 amide bonds. The molecule has 166 valence electrons. The quantitative estimate of drug-likeness (QED) is 0.292. The maximum atomic E-state index is 5.52. The Labute approximate surface area is 194 Å². The number of methoxy groups -OCH3 is 5. The summed E-state index contributed by atoms with van der Waals surface area (Å²) in [4.78, 5) is 4.27. The summed E-state index contributed by atoms with van der Waals surface area (Å²) in [6.07, 6.45) is 0. The highest BCUT2D eigenvalue weighted by Crippen LogP contribution is 2.39. The lowest BCUT2D eigenvalue weighted by molar-refractivity contribution is 0.322. The molecule has 0 saturated heterocycles. The van der Waals surface area contributed by atoms with Crippen LogP contribution in [0.15, 0.2) is 35.3 Å². The first kappa shape index (κ1) is 25.5. The van der Waals surface area contributed by atoms with Crippen LogP contribution in [0.25, 0.3) is 0 Å². The van der Waals surface area contributed by atoms with Gasteiger partial charge in [0, 0.05) is 25.7 Å². The third kappa shape index (κ3) is 6.22. The average molecular weight is 531 g/mol. The molecule has 2 aromatic rings. The first-order valence-electron chi connectivity index (χ1n) is 9.05. The molecule has 0 bridgehead atoms. The number of hydrogen-bond donors (Lipinski definition) is 2. The van der Waals surface area contributed by atoms with Gasteiger partial charge in [0.1, 0.15) is 0 Å². The number of nitrogens with zero attached hydrogens (tertiary/aromatic N) is 1. The van der Waals surface area contributed by atoms with Gasteiger partial charge in [-0.15, -0.1) is 24.0 Å².